The molecule has 3 rings (SSSR count). The minimum absolute atomic E-state index is 0.202. The van der Waals surface area contributed by atoms with Crippen molar-refractivity contribution in [2.24, 2.45) is 5.73 Å². The van der Waals surface area contributed by atoms with Gasteiger partial charge in [-0.05, 0) is 78.4 Å². The molecule has 19 heavy (non-hydrogen) atoms. The lowest BCUT2D eigenvalue weighted by molar-refractivity contribution is 0.560. The molecule has 1 heterocycles. The Hall–Kier alpha value is -1.06. The monoisotopic (exact) mass is 318 g/mol. The smallest absolute Gasteiger partial charge is 0.0597 e. The number of nitrogens with zero attached hydrogens (tertiary/aromatic N) is 1. The molecule has 2 nitrogen and oxygen atoms in total. The molecule has 0 saturated heterocycles. The van der Waals surface area contributed by atoms with Crippen LogP contribution in [0.15, 0.2) is 28.7 Å². The summed E-state index contributed by atoms with van der Waals surface area (Å²) in [5.74, 6) is 0. The van der Waals surface area contributed by atoms with Crippen molar-refractivity contribution in [1.29, 1.82) is 0 Å². The maximum absolute atomic E-state index is 6.24. The highest BCUT2D eigenvalue weighted by molar-refractivity contribution is 9.10. The molecule has 0 saturated carbocycles. The average Bonchev–Trinajstić information content (AvgIpc) is 2.68. The molecule has 0 fully saturated rings. The van der Waals surface area contributed by atoms with Crippen LogP contribution in [0.4, 0.5) is 0 Å². The summed E-state index contributed by atoms with van der Waals surface area (Å²) in [5, 5.41) is 0. The quantitative estimate of drug-likeness (QED) is 0.839. The molecule has 2 aromatic rings. The Balaban J connectivity index is 2.20. The standard InChI is InChI=1S/C16H19BrN2/c1-10-6-7-16(13(17)8-10)19-11(2)9-12-14(18)4-3-5-15(12)19/h6-9,14H,3-5,18H2,1-2H3. The number of fused-ring (bicyclic) bond motifs is 1. The van der Waals surface area contributed by atoms with E-state index in [1.807, 2.05) is 0 Å². The first kappa shape index (κ1) is 12.9. The maximum atomic E-state index is 6.24. The van der Waals surface area contributed by atoms with Crippen molar-refractivity contribution >= 4 is 15.9 Å². The fourth-order valence-corrected chi connectivity index (χ4v) is 3.74. The van der Waals surface area contributed by atoms with Gasteiger partial charge in [0.15, 0.2) is 0 Å². The molecule has 0 amide bonds. The van der Waals surface area contributed by atoms with Crippen molar-refractivity contribution in [3.8, 4) is 5.69 Å². The lowest BCUT2D eigenvalue weighted by Gasteiger charge is -2.22. The fourth-order valence-electron chi connectivity index (χ4n) is 3.07. The molecule has 1 atom stereocenters. The highest BCUT2D eigenvalue weighted by Gasteiger charge is 2.23. The number of benzene rings is 1. The van der Waals surface area contributed by atoms with Crippen LogP contribution >= 0.6 is 15.9 Å². The Morgan fingerprint density at radius 3 is 2.79 bits per heavy atom. The normalized spacial score (nSPS) is 18.4. The second kappa shape index (κ2) is 4.80. The number of nitrogens with two attached hydrogens (primary N) is 1. The van der Waals surface area contributed by atoms with E-state index in [1.54, 1.807) is 0 Å². The first-order valence-electron chi connectivity index (χ1n) is 6.81. The SMILES string of the molecule is Cc1ccc(-n2c(C)cc3c2CCCC3N)c(Br)c1. The molecule has 0 spiro atoms. The van der Waals surface area contributed by atoms with Gasteiger partial charge in [0.2, 0.25) is 0 Å². The molecule has 1 aromatic heterocycles. The summed E-state index contributed by atoms with van der Waals surface area (Å²) < 4.78 is 3.51. The molecule has 100 valence electrons. The summed E-state index contributed by atoms with van der Waals surface area (Å²) in [6.07, 6.45) is 3.41. The molecule has 0 aliphatic heterocycles. The Labute approximate surface area is 122 Å². The van der Waals surface area contributed by atoms with Crippen molar-refractivity contribution in [3.63, 3.8) is 0 Å². The van der Waals surface area contributed by atoms with E-state index in [9.17, 15) is 0 Å². The van der Waals surface area contributed by atoms with Crippen molar-refractivity contribution < 1.29 is 0 Å². The van der Waals surface area contributed by atoms with Crippen LogP contribution in [0.25, 0.3) is 5.69 Å². The van der Waals surface area contributed by atoms with Crippen LogP contribution in [0.3, 0.4) is 0 Å². The number of aryl methyl sites for hydroxylation is 2. The summed E-state index contributed by atoms with van der Waals surface area (Å²) >= 11 is 3.69. The minimum Gasteiger partial charge on any atom is -0.324 e. The molecule has 3 heteroatoms. The van der Waals surface area contributed by atoms with E-state index in [0.29, 0.717) is 0 Å². The van der Waals surface area contributed by atoms with Gasteiger partial charge >= 0.3 is 0 Å². The average molecular weight is 319 g/mol. The van der Waals surface area contributed by atoms with E-state index in [2.05, 4.69) is 58.6 Å². The molecule has 1 aliphatic carbocycles. The van der Waals surface area contributed by atoms with Crippen LogP contribution in [0.1, 0.15) is 41.4 Å². The van der Waals surface area contributed by atoms with E-state index in [0.717, 1.165) is 17.3 Å². The zero-order valence-corrected chi connectivity index (χ0v) is 13.0. The second-order valence-corrected chi connectivity index (χ2v) is 6.33. The number of hydrogen-bond acceptors (Lipinski definition) is 1. The topological polar surface area (TPSA) is 30.9 Å². The molecule has 1 unspecified atom stereocenters. The van der Waals surface area contributed by atoms with Crippen molar-refractivity contribution in [2.45, 2.75) is 39.2 Å². The van der Waals surface area contributed by atoms with Gasteiger partial charge in [0.05, 0.1) is 5.69 Å². The first-order chi connectivity index (χ1) is 9.08. The molecular formula is C16H19BrN2. The van der Waals surface area contributed by atoms with Crippen molar-refractivity contribution in [2.75, 3.05) is 0 Å². The molecule has 0 radical (unpaired) electrons. The van der Waals surface area contributed by atoms with Gasteiger partial charge < -0.3 is 10.3 Å². The van der Waals surface area contributed by atoms with E-state index >= 15 is 0 Å². The Kier molecular flexibility index (Phi) is 3.27. The second-order valence-electron chi connectivity index (χ2n) is 5.48. The molecule has 2 N–H and O–H groups in total. The van der Waals surface area contributed by atoms with Gasteiger partial charge in [0.25, 0.3) is 0 Å². The van der Waals surface area contributed by atoms with Crippen LogP contribution < -0.4 is 5.73 Å². The first-order valence-corrected chi connectivity index (χ1v) is 7.60. The maximum Gasteiger partial charge on any atom is 0.0597 e. The molecule has 0 bridgehead atoms. The van der Waals surface area contributed by atoms with E-state index < -0.39 is 0 Å². The number of halogens is 1. The van der Waals surface area contributed by atoms with Gasteiger partial charge in [-0.1, -0.05) is 6.07 Å². The number of hydrogen-bond donors (Lipinski definition) is 1. The van der Waals surface area contributed by atoms with Crippen molar-refractivity contribution in [3.05, 3.63) is 51.3 Å². The summed E-state index contributed by atoms with van der Waals surface area (Å²) in [6, 6.07) is 8.98. The van der Waals surface area contributed by atoms with Gasteiger partial charge in [0, 0.05) is 21.9 Å². The summed E-state index contributed by atoms with van der Waals surface area (Å²) in [6.45, 7) is 4.28. The fraction of sp³-hybridized carbons (Fsp3) is 0.375. The zero-order chi connectivity index (χ0) is 13.6. The van der Waals surface area contributed by atoms with Crippen LogP contribution in [-0.4, -0.2) is 4.57 Å². The third-order valence-electron chi connectivity index (χ3n) is 3.99. The predicted octanol–water partition coefficient (Wildman–Crippen LogP) is 4.19. The Bertz CT molecular complexity index is 628. The van der Waals surface area contributed by atoms with Crippen LogP contribution in [-0.2, 0) is 6.42 Å². The number of rotatable bonds is 1. The van der Waals surface area contributed by atoms with Crippen LogP contribution in [0.5, 0.6) is 0 Å². The molecule has 1 aliphatic rings. The molecule has 1 aromatic carbocycles. The molecular weight excluding hydrogens is 300 g/mol. The third-order valence-corrected chi connectivity index (χ3v) is 4.63. The third kappa shape index (κ3) is 2.15. The summed E-state index contributed by atoms with van der Waals surface area (Å²) in [7, 11) is 0. The van der Waals surface area contributed by atoms with E-state index in [-0.39, 0.29) is 6.04 Å². The summed E-state index contributed by atoms with van der Waals surface area (Å²) in [4.78, 5) is 0. The number of aromatic nitrogens is 1. The minimum atomic E-state index is 0.202. The Morgan fingerprint density at radius 2 is 2.05 bits per heavy atom. The van der Waals surface area contributed by atoms with E-state index in [1.165, 1.54) is 34.6 Å². The lowest BCUT2D eigenvalue weighted by Crippen LogP contribution is -2.18. The van der Waals surface area contributed by atoms with Gasteiger partial charge in [0.1, 0.15) is 0 Å². The highest BCUT2D eigenvalue weighted by atomic mass is 79.9. The zero-order valence-electron chi connectivity index (χ0n) is 11.4. The van der Waals surface area contributed by atoms with Gasteiger partial charge in [-0.15, -0.1) is 0 Å². The van der Waals surface area contributed by atoms with E-state index in [4.69, 9.17) is 5.73 Å². The largest absolute Gasteiger partial charge is 0.324 e. The lowest BCUT2D eigenvalue weighted by atomic mass is 9.93. The predicted molar refractivity (Wildman–Crippen MR) is 82.8 cm³/mol. The summed E-state index contributed by atoms with van der Waals surface area (Å²) in [5.41, 5.74) is 12.7. The van der Waals surface area contributed by atoms with Gasteiger partial charge in [-0.2, -0.15) is 0 Å². The van der Waals surface area contributed by atoms with Crippen LogP contribution in [0, 0.1) is 13.8 Å². The van der Waals surface area contributed by atoms with Gasteiger partial charge in [-0.25, -0.2) is 0 Å². The highest BCUT2D eigenvalue weighted by Crippen LogP contribution is 2.34. The van der Waals surface area contributed by atoms with Crippen molar-refractivity contribution in [1.82, 2.24) is 4.57 Å². The Morgan fingerprint density at radius 1 is 1.26 bits per heavy atom. The van der Waals surface area contributed by atoms with Crippen LogP contribution in [0.2, 0.25) is 0 Å². The van der Waals surface area contributed by atoms with Gasteiger partial charge in [-0.3, -0.25) is 0 Å².